The van der Waals surface area contributed by atoms with Gasteiger partial charge in [0.25, 0.3) is 0 Å². The number of aryl methyl sites for hydroxylation is 1. The van der Waals surface area contributed by atoms with Crippen LogP contribution in [0.15, 0.2) is 28.7 Å². The van der Waals surface area contributed by atoms with Gasteiger partial charge in [0.2, 0.25) is 11.8 Å². The normalized spacial score (nSPS) is 22.8. The van der Waals surface area contributed by atoms with Crippen molar-refractivity contribution >= 4 is 0 Å². The van der Waals surface area contributed by atoms with Crippen molar-refractivity contribution in [3.63, 3.8) is 0 Å². The molecule has 1 aromatic heterocycles. The summed E-state index contributed by atoms with van der Waals surface area (Å²) in [6, 6.07) is 8.24. The lowest BCUT2D eigenvalue weighted by Gasteiger charge is -2.13. The van der Waals surface area contributed by atoms with E-state index in [0.29, 0.717) is 11.8 Å². The fourth-order valence-electron chi connectivity index (χ4n) is 3.08. The van der Waals surface area contributed by atoms with Crippen molar-refractivity contribution in [2.24, 2.45) is 5.92 Å². The number of benzene rings is 1. The molecular weight excluding hydrogens is 262 g/mol. The first-order valence-corrected chi connectivity index (χ1v) is 7.91. The van der Waals surface area contributed by atoms with Crippen LogP contribution in [0.1, 0.15) is 36.6 Å². The molecule has 2 heterocycles. The van der Waals surface area contributed by atoms with Gasteiger partial charge in [0.05, 0.1) is 5.92 Å². The van der Waals surface area contributed by atoms with Crippen molar-refractivity contribution in [1.82, 2.24) is 15.1 Å². The first-order chi connectivity index (χ1) is 10.3. The van der Waals surface area contributed by atoms with Gasteiger partial charge in [-0.25, -0.2) is 0 Å². The Morgan fingerprint density at radius 3 is 2.71 bits per heavy atom. The highest BCUT2D eigenvalue weighted by Crippen LogP contribution is 2.34. The van der Waals surface area contributed by atoms with Crippen LogP contribution in [-0.2, 0) is 0 Å². The van der Waals surface area contributed by atoms with Gasteiger partial charge >= 0.3 is 0 Å². The molecule has 0 bridgehead atoms. The molecule has 0 spiro atoms. The van der Waals surface area contributed by atoms with E-state index in [0.717, 1.165) is 30.3 Å². The Morgan fingerprint density at radius 1 is 1.14 bits per heavy atom. The molecule has 2 aromatic rings. The molecule has 1 saturated heterocycles. The highest BCUT2D eigenvalue weighted by Gasteiger charge is 2.32. The summed E-state index contributed by atoms with van der Waals surface area (Å²) in [5.74, 6) is 2.82. The van der Waals surface area contributed by atoms with E-state index < -0.39 is 0 Å². The number of aromatic nitrogens is 2. The molecule has 1 atom stereocenters. The van der Waals surface area contributed by atoms with Crippen molar-refractivity contribution in [1.29, 1.82) is 0 Å². The van der Waals surface area contributed by atoms with Gasteiger partial charge in [-0.2, -0.15) is 0 Å². The lowest BCUT2D eigenvalue weighted by molar-refractivity contribution is 0.314. The number of likely N-dealkylation sites (tertiary alicyclic amines) is 1. The fraction of sp³-hybridized carbons (Fsp3) is 0.529. The Balaban J connectivity index is 1.45. The Hall–Kier alpha value is -1.68. The maximum Gasteiger partial charge on any atom is 0.247 e. The molecule has 1 aliphatic carbocycles. The molecule has 4 nitrogen and oxygen atoms in total. The Kier molecular flexibility index (Phi) is 3.26. The minimum Gasteiger partial charge on any atom is -0.420 e. The monoisotopic (exact) mass is 283 g/mol. The van der Waals surface area contributed by atoms with Crippen molar-refractivity contribution in [2.45, 2.75) is 32.1 Å². The summed E-state index contributed by atoms with van der Waals surface area (Å²) in [4.78, 5) is 2.55. The van der Waals surface area contributed by atoms with Crippen LogP contribution < -0.4 is 0 Å². The van der Waals surface area contributed by atoms with E-state index in [4.69, 9.17) is 4.42 Å². The highest BCUT2D eigenvalue weighted by molar-refractivity contribution is 5.52. The standard InChI is InChI=1S/C17H21N3O/c1-12-2-6-14(7-3-12)16-18-19-17(21-16)15-8-9-20(11-15)10-13-4-5-13/h2-3,6-7,13,15H,4-5,8-11H2,1H3. The quantitative estimate of drug-likeness (QED) is 0.864. The van der Waals surface area contributed by atoms with Crippen LogP contribution in [0.25, 0.3) is 11.5 Å². The predicted octanol–water partition coefficient (Wildman–Crippen LogP) is 3.24. The zero-order valence-corrected chi connectivity index (χ0v) is 12.5. The van der Waals surface area contributed by atoms with E-state index in [1.807, 2.05) is 12.1 Å². The molecule has 4 rings (SSSR count). The summed E-state index contributed by atoms with van der Waals surface area (Å²) in [5.41, 5.74) is 2.25. The predicted molar refractivity (Wildman–Crippen MR) is 81.0 cm³/mol. The van der Waals surface area contributed by atoms with Gasteiger partial charge in [-0.1, -0.05) is 17.7 Å². The lowest BCUT2D eigenvalue weighted by Crippen LogP contribution is -2.22. The molecule has 2 fully saturated rings. The average molecular weight is 283 g/mol. The van der Waals surface area contributed by atoms with Gasteiger partial charge in [0.15, 0.2) is 0 Å². The van der Waals surface area contributed by atoms with Crippen LogP contribution in [0.3, 0.4) is 0 Å². The van der Waals surface area contributed by atoms with Crippen molar-refractivity contribution < 1.29 is 4.42 Å². The average Bonchev–Trinajstić information content (AvgIpc) is 2.99. The van der Waals surface area contributed by atoms with Crippen LogP contribution >= 0.6 is 0 Å². The molecule has 0 radical (unpaired) electrons. The fourth-order valence-corrected chi connectivity index (χ4v) is 3.08. The van der Waals surface area contributed by atoms with Crippen molar-refractivity contribution in [3.8, 4) is 11.5 Å². The third-order valence-corrected chi connectivity index (χ3v) is 4.57. The summed E-state index contributed by atoms with van der Waals surface area (Å²) < 4.78 is 5.91. The third-order valence-electron chi connectivity index (χ3n) is 4.57. The molecule has 4 heteroatoms. The Morgan fingerprint density at radius 2 is 1.95 bits per heavy atom. The zero-order valence-electron chi connectivity index (χ0n) is 12.5. The van der Waals surface area contributed by atoms with E-state index in [1.165, 1.54) is 31.5 Å². The van der Waals surface area contributed by atoms with E-state index >= 15 is 0 Å². The van der Waals surface area contributed by atoms with Gasteiger partial charge in [-0.3, -0.25) is 0 Å². The van der Waals surface area contributed by atoms with Crippen LogP contribution in [-0.4, -0.2) is 34.7 Å². The molecule has 0 N–H and O–H groups in total. The van der Waals surface area contributed by atoms with Crippen LogP contribution in [0.5, 0.6) is 0 Å². The molecule has 21 heavy (non-hydrogen) atoms. The molecule has 1 unspecified atom stereocenters. The molecule has 2 aliphatic rings. The molecule has 1 saturated carbocycles. The highest BCUT2D eigenvalue weighted by atomic mass is 16.4. The minimum atomic E-state index is 0.412. The molecule has 1 aliphatic heterocycles. The SMILES string of the molecule is Cc1ccc(-c2nnc(C3CCN(CC4CC4)C3)o2)cc1. The van der Waals surface area contributed by atoms with Gasteiger partial charge in [0, 0.05) is 18.7 Å². The summed E-state index contributed by atoms with van der Waals surface area (Å²) in [5, 5.41) is 8.51. The van der Waals surface area contributed by atoms with Crippen molar-refractivity contribution in [2.75, 3.05) is 19.6 Å². The van der Waals surface area contributed by atoms with Gasteiger partial charge in [-0.15, -0.1) is 10.2 Å². The molecule has 1 aromatic carbocycles. The van der Waals surface area contributed by atoms with Crippen LogP contribution in [0.4, 0.5) is 0 Å². The molecule has 110 valence electrons. The second kappa shape index (κ2) is 5.26. The number of hydrogen-bond acceptors (Lipinski definition) is 4. The third kappa shape index (κ3) is 2.86. The smallest absolute Gasteiger partial charge is 0.247 e. The van der Waals surface area contributed by atoms with E-state index in [9.17, 15) is 0 Å². The van der Waals surface area contributed by atoms with Gasteiger partial charge in [0.1, 0.15) is 0 Å². The van der Waals surface area contributed by atoms with E-state index in [1.54, 1.807) is 0 Å². The Bertz CT molecular complexity index is 615. The van der Waals surface area contributed by atoms with Crippen LogP contribution in [0.2, 0.25) is 0 Å². The summed E-state index contributed by atoms with van der Waals surface area (Å²) in [7, 11) is 0. The minimum absolute atomic E-state index is 0.412. The van der Waals surface area contributed by atoms with E-state index in [-0.39, 0.29) is 0 Å². The van der Waals surface area contributed by atoms with E-state index in [2.05, 4.69) is 34.2 Å². The first-order valence-electron chi connectivity index (χ1n) is 7.91. The number of hydrogen-bond donors (Lipinski definition) is 0. The van der Waals surface area contributed by atoms with Crippen LogP contribution in [0, 0.1) is 12.8 Å². The maximum atomic E-state index is 5.91. The number of nitrogens with zero attached hydrogens (tertiary/aromatic N) is 3. The summed E-state index contributed by atoms with van der Waals surface area (Å²) in [6.45, 7) is 5.58. The zero-order chi connectivity index (χ0) is 14.2. The maximum absolute atomic E-state index is 5.91. The summed E-state index contributed by atoms with van der Waals surface area (Å²) in [6.07, 6.45) is 3.97. The topological polar surface area (TPSA) is 42.2 Å². The molecule has 0 amide bonds. The van der Waals surface area contributed by atoms with Gasteiger partial charge in [-0.05, 0) is 50.8 Å². The van der Waals surface area contributed by atoms with Gasteiger partial charge < -0.3 is 9.32 Å². The second-order valence-electron chi connectivity index (χ2n) is 6.50. The first kappa shape index (κ1) is 13.0. The molecular formula is C17H21N3O. The number of rotatable bonds is 4. The summed E-state index contributed by atoms with van der Waals surface area (Å²) >= 11 is 0. The Labute approximate surface area is 125 Å². The van der Waals surface area contributed by atoms with Crippen molar-refractivity contribution in [3.05, 3.63) is 35.7 Å². The largest absolute Gasteiger partial charge is 0.420 e. The second-order valence-corrected chi connectivity index (χ2v) is 6.50. The lowest BCUT2D eigenvalue weighted by atomic mass is 10.1.